The fourth-order valence-corrected chi connectivity index (χ4v) is 2.77. The largest absolute Gasteiger partial charge is 0.490 e. The van der Waals surface area contributed by atoms with Gasteiger partial charge in [-0.2, -0.15) is 5.10 Å². The molecular weight excluding hydrogens is 310 g/mol. The summed E-state index contributed by atoms with van der Waals surface area (Å²) in [5.41, 5.74) is 0.781. The van der Waals surface area contributed by atoms with Crippen molar-refractivity contribution in [2.45, 2.75) is 32.4 Å². The number of pyridine rings is 1. The van der Waals surface area contributed by atoms with Crippen molar-refractivity contribution in [1.82, 2.24) is 24.2 Å². The van der Waals surface area contributed by atoms with Crippen molar-refractivity contribution in [3.05, 3.63) is 40.8 Å². The van der Waals surface area contributed by atoms with Crippen LogP contribution in [0.2, 0.25) is 0 Å². The molecule has 0 radical (unpaired) electrons. The van der Waals surface area contributed by atoms with Gasteiger partial charge in [0.25, 0.3) is 5.56 Å². The van der Waals surface area contributed by atoms with E-state index in [2.05, 4.69) is 10.1 Å². The molecule has 3 rings (SSSR count). The Kier molecular flexibility index (Phi) is 4.64. The van der Waals surface area contributed by atoms with E-state index < -0.39 is 0 Å². The standard InChI is InChI=1S/C16H21N5O3/c1-12-7-14(8-15(22)19(12)2)24-13-3-5-20(6-4-13)16(23)9-21-11-17-10-18-21/h7-8,10-11,13H,3-6,9H2,1-2H3. The average Bonchev–Trinajstić information content (AvgIpc) is 3.06. The molecule has 8 nitrogen and oxygen atoms in total. The van der Waals surface area contributed by atoms with E-state index in [-0.39, 0.29) is 24.1 Å². The van der Waals surface area contributed by atoms with E-state index in [4.69, 9.17) is 4.74 Å². The Morgan fingerprint density at radius 2 is 2.08 bits per heavy atom. The number of carbonyl (C=O) groups is 1. The van der Waals surface area contributed by atoms with Gasteiger partial charge in [0.2, 0.25) is 5.91 Å². The molecule has 0 bridgehead atoms. The molecule has 0 saturated carbocycles. The maximum atomic E-state index is 12.2. The lowest BCUT2D eigenvalue weighted by Crippen LogP contribution is -2.43. The predicted molar refractivity (Wildman–Crippen MR) is 86.7 cm³/mol. The van der Waals surface area contributed by atoms with Gasteiger partial charge in [-0.3, -0.25) is 9.59 Å². The van der Waals surface area contributed by atoms with E-state index in [1.54, 1.807) is 11.6 Å². The predicted octanol–water partition coefficient (Wildman–Crippen LogP) is 0.355. The van der Waals surface area contributed by atoms with E-state index in [0.29, 0.717) is 18.8 Å². The minimum absolute atomic E-state index is 0.0203. The number of likely N-dealkylation sites (tertiary alicyclic amines) is 1. The van der Waals surface area contributed by atoms with Crippen molar-refractivity contribution in [1.29, 1.82) is 0 Å². The number of hydrogen-bond donors (Lipinski definition) is 0. The van der Waals surface area contributed by atoms with Gasteiger partial charge in [-0.05, 0) is 13.0 Å². The van der Waals surface area contributed by atoms with Crippen LogP contribution in [0.3, 0.4) is 0 Å². The first kappa shape index (κ1) is 16.2. The second-order valence-electron chi connectivity index (χ2n) is 6.02. The highest BCUT2D eigenvalue weighted by atomic mass is 16.5. The molecule has 1 amide bonds. The van der Waals surface area contributed by atoms with Crippen LogP contribution in [0.1, 0.15) is 18.5 Å². The highest BCUT2D eigenvalue weighted by molar-refractivity contribution is 5.75. The Hall–Kier alpha value is -2.64. The number of ether oxygens (including phenoxy) is 1. The smallest absolute Gasteiger partial charge is 0.254 e. The Bertz CT molecular complexity index is 761. The summed E-state index contributed by atoms with van der Waals surface area (Å²) in [6.45, 7) is 3.36. The summed E-state index contributed by atoms with van der Waals surface area (Å²) in [6, 6.07) is 3.37. The highest BCUT2D eigenvalue weighted by Gasteiger charge is 2.24. The van der Waals surface area contributed by atoms with Gasteiger partial charge in [0.05, 0.1) is 0 Å². The van der Waals surface area contributed by atoms with Gasteiger partial charge in [-0.25, -0.2) is 9.67 Å². The second-order valence-corrected chi connectivity index (χ2v) is 6.02. The number of nitrogens with zero attached hydrogens (tertiary/aromatic N) is 5. The van der Waals surface area contributed by atoms with Gasteiger partial charge in [0.15, 0.2) is 0 Å². The maximum Gasteiger partial charge on any atom is 0.254 e. The molecule has 1 fully saturated rings. The van der Waals surface area contributed by atoms with Crippen LogP contribution >= 0.6 is 0 Å². The fourth-order valence-electron chi connectivity index (χ4n) is 2.77. The van der Waals surface area contributed by atoms with Crippen molar-refractivity contribution >= 4 is 5.91 Å². The molecule has 3 heterocycles. The number of hydrogen-bond acceptors (Lipinski definition) is 5. The third kappa shape index (κ3) is 3.64. The van der Waals surface area contributed by atoms with Crippen molar-refractivity contribution < 1.29 is 9.53 Å². The molecule has 128 valence electrons. The Labute approximate surface area is 139 Å². The average molecular weight is 331 g/mol. The molecule has 1 aliphatic heterocycles. The van der Waals surface area contributed by atoms with Crippen LogP contribution in [0, 0.1) is 6.92 Å². The lowest BCUT2D eigenvalue weighted by atomic mass is 10.1. The highest BCUT2D eigenvalue weighted by Crippen LogP contribution is 2.19. The molecule has 2 aromatic rings. The van der Waals surface area contributed by atoms with Crippen LogP contribution < -0.4 is 10.3 Å². The van der Waals surface area contributed by atoms with E-state index >= 15 is 0 Å². The van der Waals surface area contributed by atoms with Crippen LogP contribution in [0.4, 0.5) is 0 Å². The van der Waals surface area contributed by atoms with Crippen LogP contribution in [-0.4, -0.2) is 49.3 Å². The summed E-state index contributed by atoms with van der Waals surface area (Å²) < 4.78 is 9.03. The maximum absolute atomic E-state index is 12.2. The SMILES string of the molecule is Cc1cc(OC2CCN(C(=O)Cn3cncn3)CC2)cc(=O)n1C. The van der Waals surface area contributed by atoms with E-state index in [9.17, 15) is 9.59 Å². The molecular formula is C16H21N5O3. The first-order valence-corrected chi connectivity index (χ1v) is 7.97. The van der Waals surface area contributed by atoms with Gasteiger partial charge in [-0.15, -0.1) is 0 Å². The van der Waals surface area contributed by atoms with Crippen LogP contribution in [0.5, 0.6) is 5.75 Å². The zero-order valence-electron chi connectivity index (χ0n) is 13.9. The monoisotopic (exact) mass is 331 g/mol. The molecule has 0 atom stereocenters. The van der Waals surface area contributed by atoms with Crippen LogP contribution in [0.15, 0.2) is 29.6 Å². The number of aromatic nitrogens is 4. The summed E-state index contributed by atoms with van der Waals surface area (Å²) in [7, 11) is 1.74. The Morgan fingerprint density at radius 1 is 1.33 bits per heavy atom. The quantitative estimate of drug-likeness (QED) is 0.808. The van der Waals surface area contributed by atoms with Gasteiger partial charge in [0, 0.05) is 44.7 Å². The molecule has 0 unspecified atom stereocenters. The minimum atomic E-state index is -0.0783. The normalized spacial score (nSPS) is 15.5. The number of carbonyl (C=O) groups excluding carboxylic acids is 1. The number of amides is 1. The lowest BCUT2D eigenvalue weighted by Gasteiger charge is -2.32. The molecule has 0 aromatic carbocycles. The number of piperidine rings is 1. The Balaban J connectivity index is 1.53. The fraction of sp³-hybridized carbons (Fsp3) is 0.500. The lowest BCUT2D eigenvalue weighted by molar-refractivity contribution is -0.133. The first-order valence-electron chi connectivity index (χ1n) is 7.97. The number of aryl methyl sites for hydroxylation is 1. The van der Waals surface area contributed by atoms with Crippen molar-refractivity contribution in [3.63, 3.8) is 0 Å². The summed E-state index contributed by atoms with van der Waals surface area (Å²) in [5, 5.41) is 3.95. The van der Waals surface area contributed by atoms with Gasteiger partial charge < -0.3 is 14.2 Å². The van der Waals surface area contributed by atoms with E-state index in [0.717, 1.165) is 18.5 Å². The second kappa shape index (κ2) is 6.86. The van der Waals surface area contributed by atoms with Crippen molar-refractivity contribution in [2.24, 2.45) is 7.05 Å². The third-order valence-electron chi connectivity index (χ3n) is 4.34. The zero-order chi connectivity index (χ0) is 17.1. The summed E-state index contributed by atoms with van der Waals surface area (Å²) in [5.74, 6) is 0.631. The van der Waals surface area contributed by atoms with Crippen molar-refractivity contribution in [2.75, 3.05) is 13.1 Å². The van der Waals surface area contributed by atoms with E-state index in [1.807, 2.05) is 17.9 Å². The Morgan fingerprint density at radius 3 is 2.71 bits per heavy atom. The van der Waals surface area contributed by atoms with Gasteiger partial charge >= 0.3 is 0 Å². The molecule has 0 spiro atoms. The summed E-state index contributed by atoms with van der Waals surface area (Å²) in [6.07, 6.45) is 4.46. The molecule has 8 heteroatoms. The van der Waals surface area contributed by atoms with E-state index in [1.165, 1.54) is 23.4 Å². The number of rotatable bonds is 4. The molecule has 0 aliphatic carbocycles. The molecule has 1 saturated heterocycles. The minimum Gasteiger partial charge on any atom is -0.490 e. The molecule has 24 heavy (non-hydrogen) atoms. The molecule has 2 aromatic heterocycles. The zero-order valence-corrected chi connectivity index (χ0v) is 13.9. The van der Waals surface area contributed by atoms with Gasteiger partial charge in [0.1, 0.15) is 31.1 Å². The van der Waals surface area contributed by atoms with Crippen LogP contribution in [-0.2, 0) is 18.4 Å². The molecule has 1 aliphatic rings. The van der Waals surface area contributed by atoms with Gasteiger partial charge in [-0.1, -0.05) is 0 Å². The van der Waals surface area contributed by atoms with Crippen molar-refractivity contribution in [3.8, 4) is 5.75 Å². The third-order valence-corrected chi connectivity index (χ3v) is 4.34. The topological polar surface area (TPSA) is 82.2 Å². The summed E-state index contributed by atoms with van der Waals surface area (Å²) >= 11 is 0. The van der Waals surface area contributed by atoms with Crippen LogP contribution in [0.25, 0.3) is 0 Å². The first-order chi connectivity index (χ1) is 11.5. The molecule has 0 N–H and O–H groups in total. The summed E-state index contributed by atoms with van der Waals surface area (Å²) in [4.78, 5) is 29.7.